The van der Waals surface area contributed by atoms with E-state index in [4.69, 9.17) is 0 Å². The van der Waals surface area contributed by atoms with E-state index in [-0.39, 0.29) is 0 Å². The Balaban J connectivity index is 2.41. The molecule has 1 aromatic rings. The number of aromatic nitrogens is 1. The highest BCUT2D eigenvalue weighted by atomic mass is 14.9. The van der Waals surface area contributed by atoms with Gasteiger partial charge >= 0.3 is 0 Å². The number of rotatable bonds is 0. The van der Waals surface area contributed by atoms with Gasteiger partial charge in [-0.05, 0) is 11.6 Å². The summed E-state index contributed by atoms with van der Waals surface area (Å²) in [7, 11) is 0. The third-order valence-corrected chi connectivity index (χ3v) is 2.13. The van der Waals surface area contributed by atoms with Gasteiger partial charge in [0.05, 0.1) is 0 Å². The molecule has 1 atom stereocenters. The van der Waals surface area contributed by atoms with Crippen LogP contribution in [0.1, 0.15) is 24.1 Å². The standard InChI is InChI=1S/C8H12N2/c1-6-4-9-5-7-2-3-10-8(6)7/h2-3,6,9-10H,4-5H2,1H3. The quantitative estimate of drug-likeness (QED) is 0.551. The first-order valence-electron chi connectivity index (χ1n) is 3.75. The zero-order chi connectivity index (χ0) is 6.97. The summed E-state index contributed by atoms with van der Waals surface area (Å²) in [5, 5.41) is 3.36. The predicted molar refractivity (Wildman–Crippen MR) is 40.9 cm³/mol. The molecule has 1 aromatic heterocycles. The van der Waals surface area contributed by atoms with Crippen molar-refractivity contribution in [2.24, 2.45) is 0 Å². The third-order valence-electron chi connectivity index (χ3n) is 2.13. The van der Waals surface area contributed by atoms with E-state index >= 15 is 0 Å². The molecule has 1 unspecified atom stereocenters. The lowest BCUT2D eigenvalue weighted by Gasteiger charge is -2.19. The third kappa shape index (κ3) is 0.762. The van der Waals surface area contributed by atoms with E-state index in [1.165, 1.54) is 11.3 Å². The first kappa shape index (κ1) is 5.98. The second kappa shape index (κ2) is 2.13. The summed E-state index contributed by atoms with van der Waals surface area (Å²) < 4.78 is 0. The molecule has 0 saturated carbocycles. The van der Waals surface area contributed by atoms with Gasteiger partial charge in [-0.2, -0.15) is 0 Å². The van der Waals surface area contributed by atoms with Crippen LogP contribution in [0.2, 0.25) is 0 Å². The van der Waals surface area contributed by atoms with Gasteiger partial charge in [0.2, 0.25) is 0 Å². The topological polar surface area (TPSA) is 27.8 Å². The summed E-state index contributed by atoms with van der Waals surface area (Å²) in [6.45, 7) is 4.37. The van der Waals surface area contributed by atoms with E-state index < -0.39 is 0 Å². The van der Waals surface area contributed by atoms with Gasteiger partial charge in [-0.3, -0.25) is 0 Å². The van der Waals surface area contributed by atoms with Gasteiger partial charge in [-0.25, -0.2) is 0 Å². The van der Waals surface area contributed by atoms with E-state index in [0.29, 0.717) is 5.92 Å². The summed E-state index contributed by atoms with van der Waals surface area (Å²) in [5.41, 5.74) is 2.84. The molecule has 0 bridgehead atoms. The maximum Gasteiger partial charge on any atom is 0.0234 e. The normalized spacial score (nSPS) is 24.3. The van der Waals surface area contributed by atoms with Gasteiger partial charge in [0.25, 0.3) is 0 Å². The zero-order valence-electron chi connectivity index (χ0n) is 6.15. The van der Waals surface area contributed by atoms with E-state index in [9.17, 15) is 0 Å². The highest BCUT2D eigenvalue weighted by Gasteiger charge is 2.15. The fourth-order valence-corrected chi connectivity index (χ4v) is 1.55. The monoisotopic (exact) mass is 136 g/mol. The van der Waals surface area contributed by atoms with Gasteiger partial charge in [0.1, 0.15) is 0 Å². The maximum absolute atomic E-state index is 3.36. The van der Waals surface area contributed by atoms with Crippen LogP contribution in [-0.2, 0) is 6.54 Å². The Kier molecular flexibility index (Phi) is 1.27. The predicted octanol–water partition coefficient (Wildman–Crippen LogP) is 1.22. The van der Waals surface area contributed by atoms with Crippen LogP contribution in [0.5, 0.6) is 0 Å². The second-order valence-electron chi connectivity index (χ2n) is 2.95. The average molecular weight is 136 g/mol. The zero-order valence-corrected chi connectivity index (χ0v) is 6.15. The van der Waals surface area contributed by atoms with E-state index in [1.54, 1.807) is 0 Å². The Bertz CT molecular complexity index is 227. The summed E-state index contributed by atoms with van der Waals surface area (Å²) in [5.74, 6) is 0.652. The van der Waals surface area contributed by atoms with Crippen LogP contribution in [-0.4, -0.2) is 11.5 Å². The van der Waals surface area contributed by atoms with E-state index in [1.807, 2.05) is 6.20 Å². The largest absolute Gasteiger partial charge is 0.364 e. The Hall–Kier alpha value is -0.760. The molecule has 2 nitrogen and oxygen atoms in total. The molecule has 1 aliphatic heterocycles. The SMILES string of the molecule is CC1CNCc2cc[nH]c21. The average Bonchev–Trinajstić information content (AvgIpc) is 2.36. The van der Waals surface area contributed by atoms with Crippen LogP contribution >= 0.6 is 0 Å². The van der Waals surface area contributed by atoms with Gasteiger partial charge in [-0.15, -0.1) is 0 Å². The number of aromatic amines is 1. The molecule has 1 aliphatic rings. The number of hydrogen-bond donors (Lipinski definition) is 2. The summed E-state index contributed by atoms with van der Waals surface area (Å²) in [6.07, 6.45) is 2.02. The van der Waals surface area contributed by atoms with Crippen LogP contribution in [0.3, 0.4) is 0 Å². The minimum absolute atomic E-state index is 0.652. The number of H-pyrrole nitrogens is 1. The van der Waals surface area contributed by atoms with Gasteiger partial charge in [0, 0.05) is 30.9 Å². The summed E-state index contributed by atoms with van der Waals surface area (Å²) in [6, 6.07) is 2.15. The lowest BCUT2D eigenvalue weighted by molar-refractivity contribution is 0.563. The summed E-state index contributed by atoms with van der Waals surface area (Å²) in [4.78, 5) is 3.27. The van der Waals surface area contributed by atoms with Crippen molar-refractivity contribution in [1.29, 1.82) is 0 Å². The van der Waals surface area contributed by atoms with Crippen LogP contribution < -0.4 is 5.32 Å². The van der Waals surface area contributed by atoms with Crippen LogP contribution in [0.15, 0.2) is 12.3 Å². The lowest BCUT2D eigenvalue weighted by Crippen LogP contribution is -2.25. The molecule has 2 rings (SSSR count). The summed E-state index contributed by atoms with van der Waals surface area (Å²) >= 11 is 0. The molecule has 0 amide bonds. The Morgan fingerprint density at radius 2 is 2.50 bits per heavy atom. The van der Waals surface area contributed by atoms with Crippen molar-refractivity contribution in [2.45, 2.75) is 19.4 Å². The second-order valence-corrected chi connectivity index (χ2v) is 2.95. The van der Waals surface area contributed by atoms with Crippen molar-refractivity contribution in [3.05, 3.63) is 23.5 Å². The highest BCUT2D eigenvalue weighted by molar-refractivity contribution is 5.25. The van der Waals surface area contributed by atoms with E-state index in [0.717, 1.165) is 13.1 Å². The van der Waals surface area contributed by atoms with E-state index in [2.05, 4.69) is 23.3 Å². The lowest BCUT2D eigenvalue weighted by atomic mass is 10.0. The van der Waals surface area contributed by atoms with Crippen molar-refractivity contribution in [3.8, 4) is 0 Å². The molecule has 0 aromatic carbocycles. The highest BCUT2D eigenvalue weighted by Crippen LogP contribution is 2.20. The van der Waals surface area contributed by atoms with Crippen molar-refractivity contribution in [3.63, 3.8) is 0 Å². The molecule has 0 radical (unpaired) electrons. The molecule has 0 saturated heterocycles. The van der Waals surface area contributed by atoms with Crippen molar-refractivity contribution in [1.82, 2.24) is 10.3 Å². The van der Waals surface area contributed by atoms with Gasteiger partial charge < -0.3 is 10.3 Å². The molecule has 0 aliphatic carbocycles. The van der Waals surface area contributed by atoms with Crippen LogP contribution in [0, 0.1) is 0 Å². The fourth-order valence-electron chi connectivity index (χ4n) is 1.55. The molecule has 2 heterocycles. The number of fused-ring (bicyclic) bond motifs is 1. The van der Waals surface area contributed by atoms with Crippen LogP contribution in [0.25, 0.3) is 0 Å². The molecule has 2 heteroatoms. The Morgan fingerprint density at radius 3 is 3.30 bits per heavy atom. The molecule has 0 spiro atoms. The van der Waals surface area contributed by atoms with Gasteiger partial charge in [0.15, 0.2) is 0 Å². The minimum Gasteiger partial charge on any atom is -0.364 e. The Morgan fingerprint density at radius 1 is 1.60 bits per heavy atom. The molecule has 10 heavy (non-hydrogen) atoms. The van der Waals surface area contributed by atoms with Crippen molar-refractivity contribution in [2.75, 3.05) is 6.54 Å². The first-order valence-corrected chi connectivity index (χ1v) is 3.75. The molecular weight excluding hydrogens is 124 g/mol. The smallest absolute Gasteiger partial charge is 0.0234 e. The number of hydrogen-bond acceptors (Lipinski definition) is 1. The molecule has 0 fully saturated rings. The van der Waals surface area contributed by atoms with Crippen molar-refractivity contribution < 1.29 is 0 Å². The fraction of sp³-hybridized carbons (Fsp3) is 0.500. The first-order chi connectivity index (χ1) is 4.88. The number of nitrogens with one attached hydrogen (secondary N) is 2. The molecule has 54 valence electrons. The maximum atomic E-state index is 3.36. The Labute approximate surface area is 60.6 Å². The molecular formula is C8H12N2. The van der Waals surface area contributed by atoms with Gasteiger partial charge in [-0.1, -0.05) is 6.92 Å². The molecule has 2 N–H and O–H groups in total. The van der Waals surface area contributed by atoms with Crippen molar-refractivity contribution >= 4 is 0 Å². The van der Waals surface area contributed by atoms with Crippen LogP contribution in [0.4, 0.5) is 0 Å². The minimum atomic E-state index is 0.652.